The smallest absolute Gasteiger partial charge is 0.268 e. The molecule has 2 heterocycles. The molecule has 2 aromatic heterocycles. The van der Waals surface area contributed by atoms with Gasteiger partial charge in [-0.15, -0.1) is 0 Å². The number of H-pyrrole nitrogens is 1. The van der Waals surface area contributed by atoms with Gasteiger partial charge in [0.15, 0.2) is 5.43 Å². The number of primary amides is 1. The van der Waals surface area contributed by atoms with Crippen LogP contribution in [0.1, 0.15) is 58.4 Å². The van der Waals surface area contributed by atoms with Crippen LogP contribution < -0.4 is 11.2 Å². The van der Waals surface area contributed by atoms with Gasteiger partial charge in [0.25, 0.3) is 11.8 Å². The SMILES string of the molecule is Cc1c(F)ccc([C@@H]2[C@@H]3CCC(F)(F)[C@@H]3C[C@H]2c2cc(=O)c3c(C(N)=O)nccc3[nH]2)c1Cl. The summed E-state index contributed by atoms with van der Waals surface area (Å²) in [5.74, 6) is -6.22. The Balaban J connectivity index is 1.69. The van der Waals surface area contributed by atoms with Crippen molar-refractivity contribution >= 4 is 28.4 Å². The van der Waals surface area contributed by atoms with Gasteiger partial charge in [0, 0.05) is 46.8 Å². The minimum absolute atomic E-state index is 0.0597. The van der Waals surface area contributed by atoms with Crippen LogP contribution in [0, 0.1) is 24.6 Å². The van der Waals surface area contributed by atoms with Crippen molar-refractivity contribution in [3.05, 3.63) is 74.0 Å². The molecule has 33 heavy (non-hydrogen) atoms. The number of aromatic amines is 1. The van der Waals surface area contributed by atoms with Crippen LogP contribution in [-0.2, 0) is 0 Å². The number of rotatable bonds is 3. The van der Waals surface area contributed by atoms with Gasteiger partial charge >= 0.3 is 0 Å². The standard InChI is InChI=1S/C24H21ClF3N3O2/c1-10-15(26)3-2-12(21(10)25)19-11-4-6-24(27,28)14(11)8-13(19)17-9-18(32)20-16(31-17)5-7-30-22(20)23(29)33/h2-3,5,7,9,11,13-14,19H,4,6,8H2,1H3,(H2,29,33)(H,31,32)/t11-,13+,14-,19+/m1/s1. The molecule has 5 nitrogen and oxygen atoms in total. The fraction of sp³-hybridized carbons (Fsp3) is 0.375. The molecule has 0 spiro atoms. The molecule has 4 atom stereocenters. The number of nitrogens with one attached hydrogen (secondary N) is 1. The predicted octanol–water partition coefficient (Wildman–Crippen LogP) is 5.06. The number of fused-ring (bicyclic) bond motifs is 2. The zero-order chi connectivity index (χ0) is 23.7. The van der Waals surface area contributed by atoms with Gasteiger partial charge in [-0.25, -0.2) is 13.2 Å². The van der Waals surface area contributed by atoms with Gasteiger partial charge in [0.1, 0.15) is 11.5 Å². The third-order valence-electron chi connectivity index (χ3n) is 7.38. The summed E-state index contributed by atoms with van der Waals surface area (Å²) in [4.78, 5) is 31.8. The van der Waals surface area contributed by atoms with Crippen LogP contribution in [0.25, 0.3) is 10.9 Å². The Morgan fingerprint density at radius 1 is 1.30 bits per heavy atom. The highest BCUT2D eigenvalue weighted by Crippen LogP contribution is 2.63. The summed E-state index contributed by atoms with van der Waals surface area (Å²) in [6, 6.07) is 5.75. The fourth-order valence-corrected chi connectivity index (χ4v) is 6.15. The Morgan fingerprint density at radius 2 is 2.06 bits per heavy atom. The topological polar surface area (TPSA) is 88.8 Å². The summed E-state index contributed by atoms with van der Waals surface area (Å²) in [6.45, 7) is 1.56. The van der Waals surface area contributed by atoms with Crippen molar-refractivity contribution in [1.29, 1.82) is 0 Å². The third kappa shape index (κ3) is 3.34. The van der Waals surface area contributed by atoms with Crippen molar-refractivity contribution in [3.8, 4) is 0 Å². The van der Waals surface area contributed by atoms with Gasteiger partial charge in [-0.2, -0.15) is 0 Å². The average molecular weight is 476 g/mol. The van der Waals surface area contributed by atoms with Crippen LogP contribution in [0.4, 0.5) is 13.2 Å². The van der Waals surface area contributed by atoms with Crippen molar-refractivity contribution in [2.75, 3.05) is 0 Å². The molecule has 0 aliphatic heterocycles. The summed E-state index contributed by atoms with van der Waals surface area (Å²) in [5.41, 5.74) is 6.45. The predicted molar refractivity (Wildman–Crippen MR) is 118 cm³/mol. The van der Waals surface area contributed by atoms with Gasteiger partial charge in [-0.3, -0.25) is 14.6 Å². The first-order valence-corrected chi connectivity index (χ1v) is 11.1. The Morgan fingerprint density at radius 3 is 2.79 bits per heavy atom. The molecular formula is C24H21ClF3N3O2. The van der Waals surface area contributed by atoms with E-state index in [1.807, 2.05) is 0 Å². The lowest BCUT2D eigenvalue weighted by Gasteiger charge is -2.26. The molecular weight excluding hydrogens is 455 g/mol. The number of nitrogens with zero attached hydrogens (tertiary/aromatic N) is 1. The summed E-state index contributed by atoms with van der Waals surface area (Å²) in [5, 5.41) is 0.286. The van der Waals surface area contributed by atoms with E-state index in [9.17, 15) is 22.8 Å². The highest BCUT2D eigenvalue weighted by atomic mass is 35.5. The van der Waals surface area contributed by atoms with Gasteiger partial charge in [-0.05, 0) is 49.3 Å². The van der Waals surface area contributed by atoms with E-state index in [0.29, 0.717) is 23.2 Å². The number of halogens is 4. The Bertz CT molecular complexity index is 1360. The van der Waals surface area contributed by atoms with E-state index in [1.54, 1.807) is 19.1 Å². The zero-order valence-corrected chi connectivity index (χ0v) is 18.4. The van der Waals surface area contributed by atoms with E-state index in [4.69, 9.17) is 17.3 Å². The maximum absolute atomic E-state index is 14.8. The summed E-state index contributed by atoms with van der Waals surface area (Å²) in [6.07, 6.45) is 1.63. The molecule has 2 saturated carbocycles. The lowest BCUT2D eigenvalue weighted by Crippen LogP contribution is -2.23. The Hall–Kier alpha value is -2.87. The largest absolute Gasteiger partial charge is 0.364 e. The molecule has 172 valence electrons. The van der Waals surface area contributed by atoms with E-state index >= 15 is 0 Å². The number of carbonyl (C=O) groups is 1. The van der Waals surface area contributed by atoms with Crippen molar-refractivity contribution < 1.29 is 18.0 Å². The van der Waals surface area contributed by atoms with Crippen LogP contribution in [0.5, 0.6) is 0 Å². The zero-order valence-electron chi connectivity index (χ0n) is 17.7. The summed E-state index contributed by atoms with van der Waals surface area (Å²) >= 11 is 6.52. The second-order valence-corrected chi connectivity index (χ2v) is 9.43. The average Bonchev–Trinajstić information content (AvgIpc) is 3.29. The quantitative estimate of drug-likeness (QED) is 0.555. The van der Waals surface area contributed by atoms with E-state index in [2.05, 4.69) is 9.97 Å². The van der Waals surface area contributed by atoms with Crippen molar-refractivity contribution in [2.24, 2.45) is 17.6 Å². The molecule has 9 heteroatoms. The van der Waals surface area contributed by atoms with Crippen LogP contribution in [0.2, 0.25) is 5.02 Å². The molecule has 2 aliphatic rings. The van der Waals surface area contributed by atoms with Crippen LogP contribution in [-0.4, -0.2) is 21.8 Å². The Kier molecular flexibility index (Phi) is 5.04. The van der Waals surface area contributed by atoms with Gasteiger partial charge in [-0.1, -0.05) is 17.7 Å². The number of hydrogen-bond donors (Lipinski definition) is 2. The van der Waals surface area contributed by atoms with Crippen LogP contribution in [0.15, 0.2) is 35.3 Å². The molecule has 0 radical (unpaired) electrons. The third-order valence-corrected chi connectivity index (χ3v) is 7.88. The maximum atomic E-state index is 14.8. The first-order chi connectivity index (χ1) is 15.6. The van der Waals surface area contributed by atoms with E-state index in [1.165, 1.54) is 18.3 Å². The first kappa shape index (κ1) is 21.9. The van der Waals surface area contributed by atoms with Gasteiger partial charge in [0.2, 0.25) is 0 Å². The molecule has 5 rings (SSSR count). The number of carbonyl (C=O) groups excluding carboxylic acids is 1. The Labute approximate surface area is 192 Å². The second-order valence-electron chi connectivity index (χ2n) is 9.05. The number of alkyl halides is 2. The van der Waals surface area contributed by atoms with Crippen molar-refractivity contribution in [3.63, 3.8) is 0 Å². The molecule has 2 fully saturated rings. The number of nitrogens with two attached hydrogens (primary N) is 1. The summed E-state index contributed by atoms with van der Waals surface area (Å²) in [7, 11) is 0. The van der Waals surface area contributed by atoms with Crippen molar-refractivity contribution in [1.82, 2.24) is 9.97 Å². The highest BCUT2D eigenvalue weighted by molar-refractivity contribution is 6.32. The summed E-state index contributed by atoms with van der Waals surface area (Å²) < 4.78 is 43.6. The molecule has 2 aliphatic carbocycles. The number of benzene rings is 1. The number of aromatic nitrogens is 2. The molecule has 1 amide bonds. The maximum Gasteiger partial charge on any atom is 0.268 e. The lowest BCUT2D eigenvalue weighted by molar-refractivity contribution is -0.0415. The van der Waals surface area contributed by atoms with Gasteiger partial charge < -0.3 is 10.7 Å². The molecule has 0 unspecified atom stereocenters. The normalized spacial score (nSPS) is 26.0. The van der Waals surface area contributed by atoms with Gasteiger partial charge in [0.05, 0.1) is 10.9 Å². The van der Waals surface area contributed by atoms with Crippen LogP contribution in [0.3, 0.4) is 0 Å². The number of pyridine rings is 2. The molecule has 0 bridgehead atoms. The fourth-order valence-electron chi connectivity index (χ4n) is 5.87. The molecule has 3 aromatic rings. The minimum Gasteiger partial charge on any atom is -0.364 e. The molecule has 3 N–H and O–H groups in total. The lowest BCUT2D eigenvalue weighted by atomic mass is 9.80. The van der Waals surface area contributed by atoms with E-state index in [-0.39, 0.29) is 40.4 Å². The molecule has 0 saturated heterocycles. The van der Waals surface area contributed by atoms with Crippen molar-refractivity contribution in [2.45, 2.75) is 43.9 Å². The molecule has 1 aromatic carbocycles. The highest BCUT2D eigenvalue weighted by Gasteiger charge is 2.59. The first-order valence-electron chi connectivity index (χ1n) is 10.7. The van der Waals surface area contributed by atoms with E-state index < -0.39 is 40.8 Å². The number of amides is 1. The monoisotopic (exact) mass is 475 g/mol. The minimum atomic E-state index is -2.82. The van der Waals surface area contributed by atoms with Crippen LogP contribution >= 0.6 is 11.6 Å². The second kappa shape index (κ2) is 7.58. The number of hydrogen-bond acceptors (Lipinski definition) is 3. The van der Waals surface area contributed by atoms with E-state index in [0.717, 1.165) is 0 Å².